The molecule has 2 aromatic rings. The van der Waals surface area contributed by atoms with E-state index in [2.05, 4.69) is 10.2 Å². The first-order chi connectivity index (χ1) is 8.65. The third-order valence-corrected chi connectivity index (χ3v) is 2.67. The predicted molar refractivity (Wildman–Crippen MR) is 66.9 cm³/mol. The predicted octanol–water partition coefficient (Wildman–Crippen LogP) is 2.40. The molecule has 0 unspecified atom stereocenters. The quantitative estimate of drug-likeness (QED) is 0.928. The molecular formula is C12H11ClFN3O. The van der Waals surface area contributed by atoms with E-state index in [4.69, 9.17) is 22.1 Å². The summed E-state index contributed by atoms with van der Waals surface area (Å²) < 4.78 is 18.3. The summed E-state index contributed by atoms with van der Waals surface area (Å²) in [6, 6.07) is 5.86. The van der Waals surface area contributed by atoms with E-state index in [0.29, 0.717) is 22.6 Å². The van der Waals surface area contributed by atoms with Gasteiger partial charge in [-0.3, -0.25) is 0 Å². The summed E-state index contributed by atoms with van der Waals surface area (Å²) in [6.45, 7) is 0.208. The Morgan fingerprint density at radius 3 is 2.72 bits per heavy atom. The Balaban J connectivity index is 2.64. The van der Waals surface area contributed by atoms with E-state index >= 15 is 0 Å². The number of methoxy groups -OCH3 is 1. The molecule has 18 heavy (non-hydrogen) atoms. The monoisotopic (exact) mass is 267 g/mol. The maximum Gasteiger partial charge on any atom is 0.152 e. The first-order valence-corrected chi connectivity index (χ1v) is 5.59. The second kappa shape index (κ2) is 5.29. The van der Waals surface area contributed by atoms with Crippen LogP contribution in [0.3, 0.4) is 0 Å². The molecule has 0 radical (unpaired) electrons. The third-order valence-electron chi connectivity index (χ3n) is 2.49. The van der Waals surface area contributed by atoms with Crippen LogP contribution in [0.25, 0.3) is 11.1 Å². The highest BCUT2D eigenvalue weighted by atomic mass is 35.5. The van der Waals surface area contributed by atoms with Crippen molar-refractivity contribution >= 4 is 11.6 Å². The Labute approximate surface area is 109 Å². The van der Waals surface area contributed by atoms with Gasteiger partial charge in [0.2, 0.25) is 0 Å². The van der Waals surface area contributed by atoms with E-state index in [1.54, 1.807) is 12.1 Å². The highest BCUT2D eigenvalue weighted by Gasteiger charge is 2.13. The maximum atomic E-state index is 13.2. The molecule has 1 aromatic heterocycles. The average Bonchev–Trinajstić information content (AvgIpc) is 2.38. The molecule has 0 atom stereocenters. The number of rotatable bonds is 3. The van der Waals surface area contributed by atoms with Crippen molar-refractivity contribution < 1.29 is 9.13 Å². The molecule has 0 amide bonds. The molecule has 4 nitrogen and oxygen atoms in total. The van der Waals surface area contributed by atoms with Crippen LogP contribution in [-0.2, 0) is 6.54 Å². The lowest BCUT2D eigenvalue weighted by molar-refractivity contribution is 0.413. The van der Waals surface area contributed by atoms with Crippen molar-refractivity contribution in [2.24, 2.45) is 5.73 Å². The van der Waals surface area contributed by atoms with Crippen LogP contribution in [0.5, 0.6) is 5.75 Å². The van der Waals surface area contributed by atoms with E-state index in [1.807, 2.05) is 0 Å². The van der Waals surface area contributed by atoms with E-state index in [-0.39, 0.29) is 17.5 Å². The topological polar surface area (TPSA) is 61.0 Å². The molecule has 0 fully saturated rings. The molecule has 94 valence electrons. The summed E-state index contributed by atoms with van der Waals surface area (Å²) >= 11 is 5.82. The second-order valence-corrected chi connectivity index (χ2v) is 3.96. The fraction of sp³-hybridized carbons (Fsp3) is 0.167. The first-order valence-electron chi connectivity index (χ1n) is 5.21. The number of aromatic nitrogens is 2. The molecule has 0 spiro atoms. The van der Waals surface area contributed by atoms with Gasteiger partial charge in [0.25, 0.3) is 0 Å². The average molecular weight is 268 g/mol. The van der Waals surface area contributed by atoms with Crippen LogP contribution in [0, 0.1) is 5.82 Å². The van der Waals surface area contributed by atoms with Gasteiger partial charge < -0.3 is 10.5 Å². The number of ether oxygens (including phenoxy) is 1. The van der Waals surface area contributed by atoms with Crippen LogP contribution in [0.1, 0.15) is 5.69 Å². The summed E-state index contributed by atoms with van der Waals surface area (Å²) in [5.74, 6) is 0.0202. The second-order valence-electron chi connectivity index (χ2n) is 3.58. The van der Waals surface area contributed by atoms with Gasteiger partial charge in [-0.25, -0.2) is 4.39 Å². The van der Waals surface area contributed by atoms with E-state index < -0.39 is 0 Å². The van der Waals surface area contributed by atoms with Crippen LogP contribution in [0.4, 0.5) is 4.39 Å². The molecule has 0 aliphatic heterocycles. The minimum Gasteiger partial charge on any atom is -0.496 e. The van der Waals surface area contributed by atoms with Crippen molar-refractivity contribution in [1.82, 2.24) is 10.2 Å². The van der Waals surface area contributed by atoms with Crippen LogP contribution in [0.15, 0.2) is 24.3 Å². The highest BCUT2D eigenvalue weighted by molar-refractivity contribution is 6.29. The Bertz CT molecular complexity index is 577. The zero-order chi connectivity index (χ0) is 13.1. The minimum atomic E-state index is -0.377. The Kier molecular flexibility index (Phi) is 3.74. The fourth-order valence-corrected chi connectivity index (χ4v) is 1.81. The van der Waals surface area contributed by atoms with Crippen LogP contribution < -0.4 is 10.5 Å². The van der Waals surface area contributed by atoms with Gasteiger partial charge >= 0.3 is 0 Å². The van der Waals surface area contributed by atoms with Crippen molar-refractivity contribution in [3.05, 3.63) is 40.9 Å². The fourth-order valence-electron chi connectivity index (χ4n) is 1.66. The Morgan fingerprint density at radius 2 is 2.06 bits per heavy atom. The minimum absolute atomic E-state index is 0.208. The summed E-state index contributed by atoms with van der Waals surface area (Å²) in [7, 11) is 1.47. The third kappa shape index (κ3) is 2.42. The lowest BCUT2D eigenvalue weighted by atomic mass is 10.0. The van der Waals surface area contributed by atoms with Gasteiger partial charge in [-0.2, -0.15) is 5.10 Å². The molecule has 1 heterocycles. The number of benzene rings is 1. The van der Waals surface area contributed by atoms with Crippen molar-refractivity contribution in [2.45, 2.75) is 6.54 Å². The molecule has 2 rings (SSSR count). The molecule has 6 heteroatoms. The zero-order valence-corrected chi connectivity index (χ0v) is 10.4. The number of nitrogens with two attached hydrogens (primary N) is 1. The molecule has 0 bridgehead atoms. The van der Waals surface area contributed by atoms with Gasteiger partial charge in [0.15, 0.2) is 5.15 Å². The molecule has 0 saturated heterocycles. The highest BCUT2D eigenvalue weighted by Crippen LogP contribution is 2.32. The smallest absolute Gasteiger partial charge is 0.152 e. The largest absolute Gasteiger partial charge is 0.496 e. The molecular weight excluding hydrogens is 257 g/mol. The van der Waals surface area contributed by atoms with E-state index in [1.165, 1.54) is 19.2 Å². The molecule has 2 N–H and O–H groups in total. The van der Waals surface area contributed by atoms with Crippen molar-refractivity contribution in [3.8, 4) is 16.9 Å². The summed E-state index contributed by atoms with van der Waals surface area (Å²) in [4.78, 5) is 0. The van der Waals surface area contributed by atoms with Crippen LogP contribution in [-0.4, -0.2) is 17.3 Å². The van der Waals surface area contributed by atoms with E-state index in [0.717, 1.165) is 0 Å². The van der Waals surface area contributed by atoms with Crippen molar-refractivity contribution in [1.29, 1.82) is 0 Å². The molecule has 0 saturated carbocycles. The summed E-state index contributed by atoms with van der Waals surface area (Å²) in [5, 5.41) is 7.89. The van der Waals surface area contributed by atoms with Gasteiger partial charge in [-0.15, -0.1) is 5.10 Å². The molecule has 1 aromatic carbocycles. The number of halogens is 2. The number of hydrogen-bond acceptors (Lipinski definition) is 4. The SMILES string of the molecule is COc1cc(F)ccc1-c1cc(Cl)nnc1CN. The van der Waals surface area contributed by atoms with Gasteiger partial charge in [0, 0.05) is 23.7 Å². The lowest BCUT2D eigenvalue weighted by Crippen LogP contribution is -2.04. The van der Waals surface area contributed by atoms with Crippen molar-refractivity contribution in [3.63, 3.8) is 0 Å². The van der Waals surface area contributed by atoms with Gasteiger partial charge in [0.1, 0.15) is 11.6 Å². The standard InChI is InChI=1S/C12H11ClFN3O/c1-18-11-4-7(14)2-3-8(11)9-5-12(13)17-16-10(9)6-15/h2-5H,6,15H2,1H3. The lowest BCUT2D eigenvalue weighted by Gasteiger charge is -2.11. The van der Waals surface area contributed by atoms with Gasteiger partial charge in [0.05, 0.1) is 12.8 Å². The zero-order valence-electron chi connectivity index (χ0n) is 9.65. The number of hydrogen-bond donors (Lipinski definition) is 1. The molecule has 0 aliphatic rings. The van der Waals surface area contributed by atoms with E-state index in [9.17, 15) is 4.39 Å². The van der Waals surface area contributed by atoms with Gasteiger partial charge in [-0.05, 0) is 18.2 Å². The first kappa shape index (κ1) is 12.7. The van der Waals surface area contributed by atoms with Crippen LogP contribution in [0.2, 0.25) is 5.15 Å². The van der Waals surface area contributed by atoms with Gasteiger partial charge in [-0.1, -0.05) is 11.6 Å². The molecule has 0 aliphatic carbocycles. The Morgan fingerprint density at radius 1 is 1.28 bits per heavy atom. The Hall–Kier alpha value is -1.72. The normalized spacial score (nSPS) is 10.4. The maximum absolute atomic E-state index is 13.2. The summed E-state index contributed by atoms with van der Waals surface area (Å²) in [5.41, 5.74) is 7.54. The number of nitrogens with zero attached hydrogens (tertiary/aromatic N) is 2. The van der Waals surface area contributed by atoms with Crippen LogP contribution >= 0.6 is 11.6 Å². The van der Waals surface area contributed by atoms with Crippen molar-refractivity contribution in [2.75, 3.05) is 7.11 Å². The summed E-state index contributed by atoms with van der Waals surface area (Å²) in [6.07, 6.45) is 0.